The van der Waals surface area contributed by atoms with Crippen molar-refractivity contribution in [2.24, 2.45) is 0 Å². The molecular weight excluding hydrogens is 192 g/mol. The van der Waals surface area contributed by atoms with Gasteiger partial charge in [-0.25, -0.2) is 4.79 Å². The Morgan fingerprint density at radius 1 is 1.40 bits per heavy atom. The molecule has 2 amide bonds. The molecule has 1 aromatic rings. The zero-order valence-corrected chi connectivity index (χ0v) is 8.98. The Labute approximate surface area is 89.5 Å². The first-order valence-corrected chi connectivity index (χ1v) is 5.35. The first kappa shape index (κ1) is 10.1. The molecule has 0 N–H and O–H groups in total. The minimum absolute atomic E-state index is 0.0321. The summed E-state index contributed by atoms with van der Waals surface area (Å²) in [4.78, 5) is 15.4. The van der Waals surface area contributed by atoms with Crippen molar-refractivity contribution >= 4 is 11.9 Å². The van der Waals surface area contributed by atoms with Gasteiger partial charge in [-0.05, 0) is 25.3 Å². The van der Waals surface area contributed by atoms with Gasteiger partial charge in [-0.15, -0.1) is 0 Å². The number of carbonyl (C=O) groups excluding carboxylic acids is 1. The zero-order chi connectivity index (χ0) is 10.7. The van der Waals surface area contributed by atoms with Crippen molar-refractivity contribution in [1.29, 1.82) is 0 Å². The SMILES string of the molecule is CN(C(=O)N1CCCCC1)c1ccco1. The number of hydrogen-bond acceptors (Lipinski definition) is 2. The van der Waals surface area contributed by atoms with E-state index in [0.29, 0.717) is 5.88 Å². The smallest absolute Gasteiger partial charge is 0.326 e. The van der Waals surface area contributed by atoms with E-state index in [1.54, 1.807) is 30.3 Å². The largest absolute Gasteiger partial charge is 0.448 e. The minimum atomic E-state index is 0.0321. The quantitative estimate of drug-likeness (QED) is 0.710. The van der Waals surface area contributed by atoms with Gasteiger partial charge in [-0.3, -0.25) is 4.90 Å². The lowest BCUT2D eigenvalue weighted by molar-refractivity contribution is 0.193. The molecule has 0 aromatic carbocycles. The molecule has 1 aliphatic heterocycles. The van der Waals surface area contributed by atoms with Gasteiger partial charge in [0.05, 0.1) is 6.26 Å². The van der Waals surface area contributed by atoms with Gasteiger partial charge < -0.3 is 9.32 Å². The van der Waals surface area contributed by atoms with Gasteiger partial charge in [0, 0.05) is 26.2 Å². The molecule has 1 saturated heterocycles. The first-order valence-electron chi connectivity index (χ1n) is 5.35. The molecule has 82 valence electrons. The van der Waals surface area contributed by atoms with Crippen molar-refractivity contribution in [1.82, 2.24) is 4.90 Å². The Bertz CT molecular complexity index is 315. The summed E-state index contributed by atoms with van der Waals surface area (Å²) >= 11 is 0. The number of rotatable bonds is 1. The number of furan rings is 1. The van der Waals surface area contributed by atoms with E-state index in [4.69, 9.17) is 4.42 Å². The molecule has 4 nitrogen and oxygen atoms in total. The van der Waals surface area contributed by atoms with Crippen LogP contribution in [0.15, 0.2) is 22.8 Å². The fourth-order valence-corrected chi connectivity index (χ4v) is 1.85. The van der Waals surface area contributed by atoms with Gasteiger partial charge in [0.2, 0.25) is 5.88 Å². The first-order chi connectivity index (χ1) is 7.29. The molecule has 1 fully saturated rings. The maximum Gasteiger partial charge on any atom is 0.326 e. The highest BCUT2D eigenvalue weighted by Crippen LogP contribution is 2.17. The van der Waals surface area contributed by atoms with E-state index in [2.05, 4.69) is 0 Å². The lowest BCUT2D eigenvalue weighted by atomic mass is 10.1. The summed E-state index contributed by atoms with van der Waals surface area (Å²) in [6, 6.07) is 3.61. The van der Waals surface area contributed by atoms with E-state index in [9.17, 15) is 4.79 Å². The van der Waals surface area contributed by atoms with Crippen LogP contribution >= 0.6 is 0 Å². The van der Waals surface area contributed by atoms with Crippen LogP contribution in [0.2, 0.25) is 0 Å². The summed E-state index contributed by atoms with van der Waals surface area (Å²) in [5.41, 5.74) is 0. The van der Waals surface area contributed by atoms with E-state index in [-0.39, 0.29) is 6.03 Å². The molecule has 0 radical (unpaired) electrons. The molecule has 2 rings (SSSR count). The molecule has 0 unspecified atom stereocenters. The second kappa shape index (κ2) is 4.38. The Morgan fingerprint density at radius 3 is 2.73 bits per heavy atom. The summed E-state index contributed by atoms with van der Waals surface area (Å²) in [5, 5.41) is 0. The van der Waals surface area contributed by atoms with Crippen LogP contribution in [0.3, 0.4) is 0 Å². The monoisotopic (exact) mass is 208 g/mol. The van der Waals surface area contributed by atoms with E-state index in [1.165, 1.54) is 6.42 Å². The minimum Gasteiger partial charge on any atom is -0.448 e. The number of likely N-dealkylation sites (tertiary alicyclic amines) is 1. The Morgan fingerprint density at radius 2 is 2.13 bits per heavy atom. The highest BCUT2D eigenvalue weighted by molar-refractivity contribution is 5.90. The normalized spacial score (nSPS) is 16.5. The fourth-order valence-electron chi connectivity index (χ4n) is 1.85. The molecule has 0 spiro atoms. The van der Waals surface area contributed by atoms with Crippen molar-refractivity contribution in [3.63, 3.8) is 0 Å². The topological polar surface area (TPSA) is 36.7 Å². The molecule has 15 heavy (non-hydrogen) atoms. The number of hydrogen-bond donors (Lipinski definition) is 0. The summed E-state index contributed by atoms with van der Waals surface area (Å²) in [5.74, 6) is 0.602. The number of nitrogens with zero attached hydrogens (tertiary/aromatic N) is 2. The van der Waals surface area contributed by atoms with Crippen molar-refractivity contribution in [2.75, 3.05) is 25.0 Å². The van der Waals surface area contributed by atoms with E-state index < -0.39 is 0 Å². The maximum absolute atomic E-state index is 12.0. The van der Waals surface area contributed by atoms with Crippen LogP contribution in [0.5, 0.6) is 0 Å². The Balaban J connectivity index is 2.00. The third-order valence-corrected chi connectivity index (χ3v) is 2.75. The summed E-state index contributed by atoms with van der Waals surface area (Å²) in [6.45, 7) is 1.73. The second-order valence-electron chi connectivity index (χ2n) is 3.84. The second-order valence-corrected chi connectivity index (χ2v) is 3.84. The third-order valence-electron chi connectivity index (χ3n) is 2.75. The van der Waals surface area contributed by atoms with Gasteiger partial charge in [0.15, 0.2) is 0 Å². The van der Waals surface area contributed by atoms with Crippen LogP contribution in [0.1, 0.15) is 19.3 Å². The van der Waals surface area contributed by atoms with Crippen molar-refractivity contribution in [2.45, 2.75) is 19.3 Å². The van der Waals surface area contributed by atoms with Crippen molar-refractivity contribution in [3.05, 3.63) is 18.4 Å². The maximum atomic E-state index is 12.0. The van der Waals surface area contributed by atoms with Crippen molar-refractivity contribution < 1.29 is 9.21 Å². The molecule has 1 aliphatic rings. The van der Waals surface area contributed by atoms with Gasteiger partial charge in [-0.2, -0.15) is 0 Å². The van der Waals surface area contributed by atoms with Crippen LogP contribution in [0.4, 0.5) is 10.7 Å². The highest BCUT2D eigenvalue weighted by atomic mass is 16.3. The van der Waals surface area contributed by atoms with Crippen LogP contribution < -0.4 is 4.90 Å². The third kappa shape index (κ3) is 2.14. The molecule has 2 heterocycles. The number of anilines is 1. The van der Waals surface area contributed by atoms with E-state index >= 15 is 0 Å². The van der Waals surface area contributed by atoms with E-state index in [1.807, 2.05) is 4.90 Å². The van der Waals surface area contributed by atoms with Crippen molar-refractivity contribution in [3.8, 4) is 0 Å². The molecule has 0 saturated carbocycles. The summed E-state index contributed by atoms with van der Waals surface area (Å²) < 4.78 is 5.19. The van der Waals surface area contributed by atoms with Crippen LogP contribution in [0, 0.1) is 0 Å². The number of amides is 2. The number of piperidine rings is 1. The molecule has 0 bridgehead atoms. The van der Waals surface area contributed by atoms with Crippen LogP contribution in [-0.4, -0.2) is 31.1 Å². The molecule has 0 atom stereocenters. The van der Waals surface area contributed by atoms with E-state index in [0.717, 1.165) is 25.9 Å². The lowest BCUT2D eigenvalue weighted by Gasteiger charge is -2.29. The number of urea groups is 1. The van der Waals surface area contributed by atoms with Crippen LogP contribution in [0.25, 0.3) is 0 Å². The van der Waals surface area contributed by atoms with Gasteiger partial charge in [0.25, 0.3) is 0 Å². The Hall–Kier alpha value is -1.45. The standard InChI is InChI=1S/C11H16N2O2/c1-12(10-6-5-9-15-10)11(14)13-7-3-2-4-8-13/h5-6,9H,2-4,7-8H2,1H3. The Kier molecular flexibility index (Phi) is 2.94. The zero-order valence-electron chi connectivity index (χ0n) is 8.98. The lowest BCUT2D eigenvalue weighted by Crippen LogP contribution is -2.43. The number of carbonyl (C=O) groups is 1. The predicted molar refractivity (Wildman–Crippen MR) is 57.9 cm³/mol. The van der Waals surface area contributed by atoms with Gasteiger partial charge in [0.1, 0.15) is 0 Å². The molecule has 4 heteroatoms. The molecular formula is C11H16N2O2. The molecule has 1 aromatic heterocycles. The summed E-state index contributed by atoms with van der Waals surface area (Å²) in [7, 11) is 1.75. The fraction of sp³-hybridized carbons (Fsp3) is 0.545. The average Bonchev–Trinajstić information content (AvgIpc) is 2.82. The predicted octanol–water partition coefficient (Wildman–Crippen LogP) is 2.32. The van der Waals surface area contributed by atoms with Gasteiger partial charge in [-0.1, -0.05) is 0 Å². The van der Waals surface area contributed by atoms with Crippen LogP contribution in [-0.2, 0) is 0 Å². The average molecular weight is 208 g/mol. The highest BCUT2D eigenvalue weighted by Gasteiger charge is 2.21. The summed E-state index contributed by atoms with van der Waals surface area (Å²) in [6.07, 6.45) is 5.03. The van der Waals surface area contributed by atoms with Gasteiger partial charge >= 0.3 is 6.03 Å². The molecule has 0 aliphatic carbocycles.